The normalized spacial score (nSPS) is 31.6. The van der Waals surface area contributed by atoms with E-state index in [9.17, 15) is 8.42 Å². The standard InChI is InChI=1S/C13H27N3O2S.ClH/c1-11-6-3-4-9-16(11)19(17,18)15-8-5-7-13(10-15)12(2)14;/h11-13H,3-10,14H2,1-2H3;1H. The Labute approximate surface area is 129 Å². The van der Waals surface area contributed by atoms with Crippen molar-refractivity contribution < 1.29 is 8.42 Å². The van der Waals surface area contributed by atoms with Crippen LogP contribution in [0.15, 0.2) is 0 Å². The summed E-state index contributed by atoms with van der Waals surface area (Å²) in [7, 11) is -3.29. The molecule has 7 heteroatoms. The Kier molecular flexibility index (Phi) is 6.73. The molecule has 20 heavy (non-hydrogen) atoms. The minimum absolute atomic E-state index is 0. The van der Waals surface area contributed by atoms with Crippen LogP contribution in [0.25, 0.3) is 0 Å². The molecular weight excluding hydrogens is 298 g/mol. The number of rotatable bonds is 3. The van der Waals surface area contributed by atoms with Gasteiger partial charge in [-0.05, 0) is 45.4 Å². The summed E-state index contributed by atoms with van der Waals surface area (Å²) >= 11 is 0. The lowest BCUT2D eigenvalue weighted by molar-refractivity contribution is 0.204. The van der Waals surface area contributed by atoms with Crippen LogP contribution in [0.4, 0.5) is 0 Å². The molecule has 120 valence electrons. The Hall–Kier alpha value is 0.120. The van der Waals surface area contributed by atoms with Crippen LogP contribution in [0, 0.1) is 5.92 Å². The number of halogens is 1. The van der Waals surface area contributed by atoms with Crippen LogP contribution < -0.4 is 5.73 Å². The lowest BCUT2D eigenvalue weighted by atomic mass is 9.93. The Bertz CT molecular complexity index is 402. The third-order valence-corrected chi connectivity index (χ3v) is 6.65. The van der Waals surface area contributed by atoms with Crippen molar-refractivity contribution in [1.29, 1.82) is 0 Å². The van der Waals surface area contributed by atoms with Gasteiger partial charge in [-0.25, -0.2) is 0 Å². The third kappa shape index (κ3) is 3.85. The monoisotopic (exact) mass is 325 g/mol. The van der Waals surface area contributed by atoms with Crippen molar-refractivity contribution in [3.63, 3.8) is 0 Å². The predicted molar refractivity (Wildman–Crippen MR) is 84.1 cm³/mol. The first-order chi connectivity index (χ1) is 8.93. The molecule has 2 aliphatic heterocycles. The molecule has 0 aromatic heterocycles. The minimum Gasteiger partial charge on any atom is -0.328 e. The Balaban J connectivity index is 0.00000200. The lowest BCUT2D eigenvalue weighted by Gasteiger charge is -2.40. The first kappa shape index (κ1) is 18.2. The number of hydrogen-bond donors (Lipinski definition) is 1. The quantitative estimate of drug-likeness (QED) is 0.856. The first-order valence-corrected chi connectivity index (χ1v) is 8.85. The Morgan fingerprint density at radius 2 is 1.85 bits per heavy atom. The molecule has 2 saturated heterocycles. The molecule has 2 N–H and O–H groups in total. The van der Waals surface area contributed by atoms with E-state index in [1.807, 2.05) is 13.8 Å². The zero-order valence-electron chi connectivity index (χ0n) is 12.5. The highest BCUT2D eigenvalue weighted by molar-refractivity contribution is 7.86. The van der Waals surface area contributed by atoms with E-state index in [2.05, 4.69) is 0 Å². The summed E-state index contributed by atoms with van der Waals surface area (Å²) in [6, 6.07) is 0.200. The van der Waals surface area contributed by atoms with E-state index in [0.717, 1.165) is 32.1 Å². The highest BCUT2D eigenvalue weighted by Gasteiger charge is 2.37. The molecule has 0 spiro atoms. The summed E-state index contributed by atoms with van der Waals surface area (Å²) in [5, 5.41) is 0. The molecule has 3 unspecified atom stereocenters. The molecule has 0 aliphatic carbocycles. The van der Waals surface area contributed by atoms with Gasteiger partial charge in [0.15, 0.2) is 0 Å². The van der Waals surface area contributed by atoms with Crippen LogP contribution in [0.3, 0.4) is 0 Å². The predicted octanol–water partition coefficient (Wildman–Crippen LogP) is 1.59. The van der Waals surface area contributed by atoms with Crippen molar-refractivity contribution in [1.82, 2.24) is 8.61 Å². The van der Waals surface area contributed by atoms with E-state index in [1.165, 1.54) is 0 Å². The van der Waals surface area contributed by atoms with Crippen molar-refractivity contribution in [3.8, 4) is 0 Å². The Morgan fingerprint density at radius 1 is 1.15 bits per heavy atom. The molecular formula is C13H28ClN3O2S. The molecule has 0 aromatic carbocycles. The van der Waals surface area contributed by atoms with Gasteiger partial charge in [0.1, 0.15) is 0 Å². The SMILES string of the molecule is CC(N)C1CCCN(S(=O)(=O)N2CCCCC2C)C1.Cl. The number of hydrogen-bond acceptors (Lipinski definition) is 3. The second-order valence-electron chi connectivity index (χ2n) is 6.08. The van der Waals surface area contributed by atoms with Gasteiger partial charge in [0, 0.05) is 31.7 Å². The van der Waals surface area contributed by atoms with Gasteiger partial charge in [0.2, 0.25) is 0 Å². The average Bonchev–Trinajstić information content (AvgIpc) is 2.39. The van der Waals surface area contributed by atoms with Gasteiger partial charge in [-0.3, -0.25) is 0 Å². The zero-order valence-corrected chi connectivity index (χ0v) is 14.1. The molecule has 3 atom stereocenters. The fourth-order valence-corrected chi connectivity index (χ4v) is 5.13. The molecule has 0 radical (unpaired) electrons. The second-order valence-corrected chi connectivity index (χ2v) is 7.96. The van der Waals surface area contributed by atoms with Crippen LogP contribution in [-0.4, -0.2) is 48.7 Å². The van der Waals surface area contributed by atoms with Crippen LogP contribution in [0.1, 0.15) is 46.0 Å². The van der Waals surface area contributed by atoms with E-state index in [0.29, 0.717) is 25.6 Å². The van der Waals surface area contributed by atoms with E-state index in [-0.39, 0.29) is 24.5 Å². The van der Waals surface area contributed by atoms with Crippen LogP contribution in [-0.2, 0) is 10.2 Å². The summed E-state index contributed by atoms with van der Waals surface area (Å²) in [5.74, 6) is 0.295. The molecule has 2 fully saturated rings. The van der Waals surface area contributed by atoms with Gasteiger partial charge in [0.25, 0.3) is 10.2 Å². The largest absolute Gasteiger partial charge is 0.328 e. The highest BCUT2D eigenvalue weighted by atomic mass is 35.5. The van der Waals surface area contributed by atoms with Crippen molar-refractivity contribution in [2.75, 3.05) is 19.6 Å². The number of piperidine rings is 2. The molecule has 2 rings (SSSR count). The minimum atomic E-state index is -3.29. The summed E-state index contributed by atoms with van der Waals surface area (Å²) in [6.45, 7) is 5.90. The second kappa shape index (κ2) is 7.40. The molecule has 2 aliphatic rings. The molecule has 0 amide bonds. The smallest absolute Gasteiger partial charge is 0.282 e. The van der Waals surface area contributed by atoms with Crippen molar-refractivity contribution >= 4 is 22.6 Å². The summed E-state index contributed by atoms with van der Waals surface area (Å²) in [4.78, 5) is 0. The van der Waals surface area contributed by atoms with E-state index >= 15 is 0 Å². The van der Waals surface area contributed by atoms with Crippen LogP contribution in [0.5, 0.6) is 0 Å². The van der Waals surface area contributed by atoms with Crippen LogP contribution >= 0.6 is 12.4 Å². The van der Waals surface area contributed by atoms with Gasteiger partial charge in [-0.1, -0.05) is 6.42 Å². The zero-order chi connectivity index (χ0) is 14.0. The van der Waals surface area contributed by atoms with Gasteiger partial charge < -0.3 is 5.73 Å². The average molecular weight is 326 g/mol. The van der Waals surface area contributed by atoms with Crippen molar-refractivity contribution in [3.05, 3.63) is 0 Å². The van der Waals surface area contributed by atoms with E-state index in [4.69, 9.17) is 5.73 Å². The number of nitrogens with zero attached hydrogens (tertiary/aromatic N) is 2. The fourth-order valence-electron chi connectivity index (χ4n) is 3.18. The van der Waals surface area contributed by atoms with Crippen molar-refractivity contribution in [2.45, 2.75) is 58.0 Å². The summed E-state index contributed by atoms with van der Waals surface area (Å²) in [6.07, 6.45) is 5.06. The maximum Gasteiger partial charge on any atom is 0.282 e. The highest BCUT2D eigenvalue weighted by Crippen LogP contribution is 2.27. The van der Waals surface area contributed by atoms with Gasteiger partial charge >= 0.3 is 0 Å². The summed E-state index contributed by atoms with van der Waals surface area (Å²) in [5.41, 5.74) is 5.94. The van der Waals surface area contributed by atoms with Gasteiger partial charge in [-0.15, -0.1) is 12.4 Å². The van der Waals surface area contributed by atoms with E-state index in [1.54, 1.807) is 8.61 Å². The van der Waals surface area contributed by atoms with Crippen molar-refractivity contribution in [2.24, 2.45) is 11.7 Å². The molecule has 2 heterocycles. The maximum absolute atomic E-state index is 12.7. The molecule has 0 aromatic rings. The maximum atomic E-state index is 12.7. The topological polar surface area (TPSA) is 66.6 Å². The molecule has 0 saturated carbocycles. The van der Waals surface area contributed by atoms with E-state index < -0.39 is 10.2 Å². The van der Waals surface area contributed by atoms with Gasteiger partial charge in [0.05, 0.1) is 0 Å². The van der Waals surface area contributed by atoms with Gasteiger partial charge in [-0.2, -0.15) is 17.0 Å². The third-order valence-electron chi connectivity index (χ3n) is 4.53. The molecule has 0 bridgehead atoms. The first-order valence-electron chi connectivity index (χ1n) is 7.45. The lowest BCUT2D eigenvalue weighted by Crippen LogP contribution is -2.53. The fraction of sp³-hybridized carbons (Fsp3) is 1.00. The summed E-state index contributed by atoms with van der Waals surface area (Å²) < 4.78 is 28.8. The number of nitrogens with two attached hydrogens (primary N) is 1. The van der Waals surface area contributed by atoms with Crippen LogP contribution in [0.2, 0.25) is 0 Å². The molecule has 5 nitrogen and oxygen atoms in total. The Morgan fingerprint density at radius 3 is 2.45 bits per heavy atom.